The minimum absolute atomic E-state index is 0.0275. The Hall–Kier alpha value is -4.20. The van der Waals surface area contributed by atoms with E-state index in [4.69, 9.17) is 4.74 Å². The van der Waals surface area contributed by atoms with E-state index in [0.29, 0.717) is 32.4 Å². The lowest BCUT2D eigenvalue weighted by Crippen LogP contribution is -2.59. The molecule has 0 unspecified atom stereocenters. The van der Waals surface area contributed by atoms with Crippen LogP contribution in [0, 0.1) is 11.8 Å². The topological polar surface area (TPSA) is 171 Å². The van der Waals surface area contributed by atoms with Crippen LogP contribution in [0.25, 0.3) is 6.08 Å². The Balaban J connectivity index is 1.16. The van der Waals surface area contributed by atoms with E-state index in [1.165, 1.54) is 11.0 Å². The van der Waals surface area contributed by atoms with Crippen molar-refractivity contribution >= 4 is 45.8 Å². The summed E-state index contributed by atoms with van der Waals surface area (Å²) in [4.78, 5) is 72.3. The zero-order valence-electron chi connectivity index (χ0n) is 29.5. The highest BCUT2D eigenvalue weighted by Gasteiger charge is 2.62. The SMILES string of the molecule is C=C[C@@H]1C[C@]1(NC(=O)[C@@H]1C[C@@H]2CN1C(=O)[C@H](C1CCCCC1)NC(=O)CCCCC=Cc1cccc3c1CN(C3)C(=O)O2)C(=O)NS(=O)(=O)C1CC1. The van der Waals surface area contributed by atoms with Gasteiger partial charge in [-0.3, -0.25) is 28.8 Å². The van der Waals surface area contributed by atoms with Crippen molar-refractivity contribution in [1.82, 2.24) is 25.2 Å². The Morgan fingerprint density at radius 1 is 1.02 bits per heavy atom. The predicted molar refractivity (Wildman–Crippen MR) is 191 cm³/mol. The van der Waals surface area contributed by atoms with Crippen LogP contribution >= 0.6 is 0 Å². The highest BCUT2D eigenvalue weighted by atomic mass is 32.2. The van der Waals surface area contributed by atoms with E-state index < -0.39 is 68.7 Å². The van der Waals surface area contributed by atoms with Gasteiger partial charge in [0, 0.05) is 25.3 Å². The van der Waals surface area contributed by atoms with Crippen LogP contribution in [0.15, 0.2) is 36.9 Å². The number of allylic oxidation sites excluding steroid dienone is 1. The van der Waals surface area contributed by atoms with Gasteiger partial charge in [0.15, 0.2) is 0 Å². The maximum absolute atomic E-state index is 14.6. The van der Waals surface area contributed by atoms with Gasteiger partial charge in [-0.2, -0.15) is 0 Å². The molecule has 3 N–H and O–H groups in total. The van der Waals surface area contributed by atoms with Crippen LogP contribution in [0.2, 0.25) is 0 Å². The summed E-state index contributed by atoms with van der Waals surface area (Å²) in [6, 6.07) is 3.96. The number of carbonyl (C=O) groups excluding carboxylic acids is 5. The average Bonchev–Trinajstić information content (AvgIpc) is 4.02. The molecule has 3 heterocycles. The zero-order chi connectivity index (χ0) is 36.6. The molecule has 52 heavy (non-hydrogen) atoms. The normalized spacial score (nSPS) is 30.0. The molecule has 0 radical (unpaired) electrons. The van der Waals surface area contributed by atoms with Gasteiger partial charge in [-0.25, -0.2) is 13.2 Å². The van der Waals surface area contributed by atoms with Crippen molar-refractivity contribution in [1.29, 1.82) is 0 Å². The molecule has 4 bridgehead atoms. The fraction of sp³-hybridized carbons (Fsp3) is 0.605. The second kappa shape index (κ2) is 14.7. The number of hydrogen-bond donors (Lipinski definition) is 3. The number of amides is 5. The lowest BCUT2D eigenvalue weighted by atomic mass is 9.83. The van der Waals surface area contributed by atoms with Crippen LogP contribution in [0.4, 0.5) is 4.79 Å². The van der Waals surface area contributed by atoms with E-state index in [9.17, 15) is 32.4 Å². The maximum atomic E-state index is 14.6. The molecule has 1 aromatic carbocycles. The van der Waals surface area contributed by atoms with Crippen LogP contribution in [-0.4, -0.2) is 83.5 Å². The van der Waals surface area contributed by atoms with Gasteiger partial charge < -0.3 is 20.3 Å². The summed E-state index contributed by atoms with van der Waals surface area (Å²) >= 11 is 0. The van der Waals surface area contributed by atoms with Crippen LogP contribution < -0.4 is 15.4 Å². The van der Waals surface area contributed by atoms with Crippen molar-refractivity contribution in [2.75, 3.05) is 6.54 Å². The summed E-state index contributed by atoms with van der Waals surface area (Å²) < 4.78 is 33.6. The Morgan fingerprint density at radius 3 is 2.54 bits per heavy atom. The van der Waals surface area contributed by atoms with Gasteiger partial charge in [-0.1, -0.05) is 55.7 Å². The first-order chi connectivity index (χ1) is 25.0. The third-order valence-electron chi connectivity index (χ3n) is 11.7. The number of nitrogens with zero attached hydrogens (tertiary/aromatic N) is 2. The third-order valence-corrected chi connectivity index (χ3v) is 13.5. The molecule has 1 saturated heterocycles. The van der Waals surface area contributed by atoms with Gasteiger partial charge in [0.2, 0.25) is 27.7 Å². The molecule has 280 valence electrons. The van der Waals surface area contributed by atoms with Gasteiger partial charge in [0.05, 0.1) is 18.3 Å². The summed E-state index contributed by atoms with van der Waals surface area (Å²) in [5.74, 6) is -2.78. The first-order valence-electron chi connectivity index (χ1n) is 18.8. The number of sulfonamides is 1. The molecular formula is C38H49N5O8S. The van der Waals surface area contributed by atoms with Gasteiger partial charge >= 0.3 is 6.09 Å². The standard InChI is InChI=1S/C38H49N5O8S/c1-2-27-20-38(27,36(47)41-52(49,50)29-17-18-29)40-34(45)31-19-28-22-43(31)35(46)33(25-12-7-5-8-13-25)39-32(44)16-9-4-3-6-11-24-14-10-15-26-21-42(23-30(24)26)37(48)51-28/h2,6,10-11,14-15,25,27-29,31,33H,1,3-5,7-9,12-13,16-23H2,(H,39,44)(H,40,45)(H,41,47)/t27-,28-,31+,33+,38-/m1/s1. The summed E-state index contributed by atoms with van der Waals surface area (Å²) in [5, 5.41) is 5.19. The zero-order valence-corrected chi connectivity index (χ0v) is 30.3. The molecule has 3 saturated carbocycles. The predicted octanol–water partition coefficient (Wildman–Crippen LogP) is 3.43. The Labute approximate surface area is 305 Å². The molecule has 0 spiro atoms. The molecule has 14 heteroatoms. The fourth-order valence-corrected chi connectivity index (χ4v) is 9.74. The summed E-state index contributed by atoms with van der Waals surface area (Å²) in [6.45, 7) is 4.44. The third kappa shape index (κ3) is 7.49. The van der Waals surface area contributed by atoms with Crippen LogP contribution in [0.5, 0.6) is 0 Å². The van der Waals surface area contributed by atoms with E-state index >= 15 is 0 Å². The Morgan fingerprint density at radius 2 is 1.81 bits per heavy atom. The fourth-order valence-electron chi connectivity index (χ4n) is 8.38. The van der Waals surface area contributed by atoms with E-state index in [2.05, 4.69) is 34.1 Å². The molecule has 6 aliphatic rings. The quantitative estimate of drug-likeness (QED) is 0.358. The molecule has 4 fully saturated rings. The largest absolute Gasteiger partial charge is 0.444 e. The van der Waals surface area contributed by atoms with Crippen molar-refractivity contribution in [3.63, 3.8) is 0 Å². The minimum Gasteiger partial charge on any atom is -0.444 e. The molecular weight excluding hydrogens is 687 g/mol. The van der Waals surface area contributed by atoms with E-state index in [-0.39, 0.29) is 37.6 Å². The van der Waals surface area contributed by atoms with Crippen molar-refractivity contribution in [3.8, 4) is 0 Å². The van der Waals surface area contributed by atoms with E-state index in [0.717, 1.165) is 61.6 Å². The highest BCUT2D eigenvalue weighted by Crippen LogP contribution is 2.45. The van der Waals surface area contributed by atoms with Crippen LogP contribution in [-0.2, 0) is 47.0 Å². The molecule has 7 rings (SSSR count). The lowest BCUT2D eigenvalue weighted by Gasteiger charge is -2.35. The van der Waals surface area contributed by atoms with Gasteiger partial charge in [0.1, 0.15) is 23.7 Å². The molecule has 5 atom stereocenters. The average molecular weight is 736 g/mol. The first-order valence-corrected chi connectivity index (χ1v) is 20.4. The van der Waals surface area contributed by atoms with Crippen molar-refractivity contribution < 1.29 is 37.1 Å². The summed E-state index contributed by atoms with van der Waals surface area (Å²) in [6.07, 6.45) is 12.2. The second-order valence-electron chi connectivity index (χ2n) is 15.4. The number of fused-ring (bicyclic) bond motifs is 3. The number of ether oxygens (including phenoxy) is 1. The lowest BCUT2D eigenvalue weighted by molar-refractivity contribution is -0.143. The molecule has 1 aromatic rings. The summed E-state index contributed by atoms with van der Waals surface area (Å²) in [5.41, 5.74) is 1.54. The minimum atomic E-state index is -3.89. The molecule has 13 nitrogen and oxygen atoms in total. The number of carbonyl (C=O) groups is 5. The van der Waals surface area contributed by atoms with E-state index in [1.807, 2.05) is 18.2 Å². The molecule has 0 aromatic heterocycles. The second-order valence-corrected chi connectivity index (χ2v) is 17.3. The molecule has 3 aliphatic heterocycles. The van der Waals surface area contributed by atoms with Crippen LogP contribution in [0.1, 0.15) is 100 Å². The highest BCUT2D eigenvalue weighted by molar-refractivity contribution is 7.91. The number of nitrogens with one attached hydrogen (secondary N) is 3. The van der Waals surface area contributed by atoms with Gasteiger partial charge in [-0.15, -0.1) is 6.58 Å². The maximum Gasteiger partial charge on any atom is 0.410 e. The monoisotopic (exact) mass is 735 g/mol. The van der Waals surface area contributed by atoms with Gasteiger partial charge in [-0.05, 0) is 74.0 Å². The number of rotatable bonds is 7. The smallest absolute Gasteiger partial charge is 0.410 e. The van der Waals surface area contributed by atoms with Gasteiger partial charge in [0.25, 0.3) is 5.91 Å². The number of hydrogen-bond acceptors (Lipinski definition) is 8. The summed E-state index contributed by atoms with van der Waals surface area (Å²) in [7, 11) is -3.89. The number of benzene rings is 1. The van der Waals surface area contributed by atoms with E-state index in [1.54, 1.807) is 4.90 Å². The van der Waals surface area contributed by atoms with Crippen LogP contribution in [0.3, 0.4) is 0 Å². The molecule has 5 amide bonds. The Bertz CT molecular complexity index is 1770. The van der Waals surface area contributed by atoms with Crippen molar-refractivity contribution in [2.45, 2.75) is 126 Å². The Kier molecular flexibility index (Phi) is 10.2. The van der Waals surface area contributed by atoms with Crippen molar-refractivity contribution in [3.05, 3.63) is 53.6 Å². The molecule has 3 aliphatic carbocycles. The van der Waals surface area contributed by atoms with Crippen molar-refractivity contribution in [2.24, 2.45) is 11.8 Å². The first kappa shape index (κ1) is 36.2.